The van der Waals surface area contributed by atoms with Gasteiger partial charge < -0.3 is 34.9 Å². The largest absolute Gasteiger partial charge is 0.573 e. The Labute approximate surface area is 581 Å². The van der Waals surface area contributed by atoms with Crippen LogP contribution in [-0.4, -0.2) is 69.2 Å². The number of aromatic nitrogens is 9. The Bertz CT molecular complexity index is 4840. The molecule has 0 aliphatic rings. The fourth-order valence-corrected chi connectivity index (χ4v) is 10.7. The lowest BCUT2D eigenvalue weighted by molar-refractivity contribution is -0.275. The van der Waals surface area contributed by atoms with Gasteiger partial charge in [-0.05, 0) is 115 Å². The van der Waals surface area contributed by atoms with Crippen molar-refractivity contribution in [3.63, 3.8) is 0 Å². The molecule has 0 aliphatic carbocycles. The first-order chi connectivity index (χ1) is 48.4. The van der Waals surface area contributed by atoms with Crippen LogP contribution < -0.4 is 51.6 Å². The molecule has 0 fully saturated rings. The minimum atomic E-state index is -4.84. The average molecular weight is 1460 g/mol. The zero-order valence-corrected chi connectivity index (χ0v) is 55.1. The molecule has 528 valence electrons. The third-order valence-corrected chi connectivity index (χ3v) is 15.6. The maximum absolute atomic E-state index is 14.0. The molecule has 0 unspecified atom stereocenters. The van der Waals surface area contributed by atoms with Crippen molar-refractivity contribution in [3.05, 3.63) is 277 Å². The number of anilines is 3. The highest BCUT2D eigenvalue weighted by molar-refractivity contribution is 6.36. The highest BCUT2D eigenvalue weighted by Crippen LogP contribution is 2.35. The minimum absolute atomic E-state index is 0.191. The number of alkyl halides is 9. The molecule has 19 nitrogen and oxygen atoms in total. The van der Waals surface area contributed by atoms with Crippen LogP contribution in [0.2, 0.25) is 10.0 Å². The van der Waals surface area contributed by atoms with Gasteiger partial charge in [-0.15, -0.1) is 39.5 Å². The Morgan fingerprint density at radius 3 is 1.01 bits per heavy atom. The third-order valence-electron chi connectivity index (χ3n) is 14.9. The van der Waals surface area contributed by atoms with Crippen LogP contribution in [-0.2, 0) is 40.8 Å². The van der Waals surface area contributed by atoms with Crippen LogP contribution in [0, 0.1) is 11.6 Å². The van der Waals surface area contributed by atoms with E-state index in [1.54, 1.807) is 99.2 Å². The molecule has 6 aromatic carbocycles. The summed E-state index contributed by atoms with van der Waals surface area (Å²) < 4.78 is 166. The summed E-state index contributed by atoms with van der Waals surface area (Å²) in [5.41, 5.74) is 6.60. The highest BCUT2D eigenvalue weighted by Gasteiger charge is 2.33. The Morgan fingerprint density at radius 1 is 0.402 bits per heavy atom. The van der Waals surface area contributed by atoms with Gasteiger partial charge in [-0.3, -0.25) is 42.1 Å². The van der Waals surface area contributed by atoms with Gasteiger partial charge in [0.25, 0.3) is 16.7 Å². The molecule has 12 rings (SSSR count). The first kappa shape index (κ1) is 72.9. The Hall–Kier alpha value is -11.8. The Morgan fingerprint density at radius 2 is 0.706 bits per heavy atom. The molecule has 32 heteroatoms. The predicted octanol–water partition coefficient (Wildman–Crippen LogP) is 15.8. The monoisotopic (exact) mass is 1450 g/mol. The van der Waals surface area contributed by atoms with E-state index >= 15 is 0 Å². The number of hydrogen-bond donors (Lipinski definition) is 3. The number of benzene rings is 6. The van der Waals surface area contributed by atoms with E-state index in [0.717, 1.165) is 71.0 Å². The van der Waals surface area contributed by atoms with Crippen molar-refractivity contribution in [2.24, 2.45) is 21.1 Å². The number of nitrogens with one attached hydrogen (secondary N) is 3. The lowest BCUT2D eigenvalue weighted by Crippen LogP contribution is -2.19. The molecule has 12 aromatic rings. The second-order valence-corrected chi connectivity index (χ2v) is 22.9. The zero-order chi connectivity index (χ0) is 73.2. The van der Waals surface area contributed by atoms with Crippen LogP contribution in [0.3, 0.4) is 0 Å². The van der Waals surface area contributed by atoms with Crippen molar-refractivity contribution in [1.82, 2.24) is 43.0 Å². The molecule has 0 saturated heterocycles. The van der Waals surface area contributed by atoms with Gasteiger partial charge in [0, 0.05) is 185 Å². The molecule has 0 spiro atoms. The topological polar surface area (TPSA) is 192 Å². The molecule has 102 heavy (non-hydrogen) atoms. The number of halogens is 13. The van der Waals surface area contributed by atoms with E-state index in [0.29, 0.717) is 72.8 Å². The molecule has 0 bridgehead atoms. The molecule has 0 radical (unpaired) electrons. The molecule has 0 amide bonds. The molecular weight excluding hydrogens is 1400 g/mol. The number of hydrogen-bond acceptors (Lipinski definition) is 13. The summed E-state index contributed by atoms with van der Waals surface area (Å²) in [7, 11) is 6.83. The van der Waals surface area contributed by atoms with Gasteiger partial charge in [-0.25, -0.2) is 8.78 Å². The Kier molecular flexibility index (Phi) is 22.3. The van der Waals surface area contributed by atoms with Crippen LogP contribution in [0.25, 0.3) is 50.4 Å². The van der Waals surface area contributed by atoms with Crippen molar-refractivity contribution in [3.8, 4) is 73.4 Å². The summed E-state index contributed by atoms with van der Waals surface area (Å²) >= 11 is 12.5. The second kappa shape index (κ2) is 31.2. The van der Waals surface area contributed by atoms with Crippen LogP contribution in [0.5, 0.6) is 23.0 Å². The van der Waals surface area contributed by atoms with Crippen molar-refractivity contribution in [2.75, 3.05) is 23.1 Å². The standard InChI is InChI=1S/C24H21F3N4O3.C23H17Cl2F3N4O2.C23H17F5N4O2/c1-30-14-17(13-29-30)21-15-31(18-5-9-20(10-6-18)34-24(25,26)27)23(32)11-22(21)28-12-16-3-7-19(33-2)8-4-16;2*1-31-12-14(10-30-31)18-13-32(15-5-7-16(8-6-15)34-23(26,27)28)22(33)9-21(18)29-11-17-19(24)3-2-4-20(17)25/h3-11,13-15,28H,12H2,1-2H3;2*2-10,12-13,29H,11H2,1H3. The number of rotatable bonds is 19. The number of aryl methyl sites for hydroxylation is 3. The average Bonchev–Trinajstić information content (AvgIpc) is 1.31. The maximum Gasteiger partial charge on any atom is 0.573 e. The van der Waals surface area contributed by atoms with Gasteiger partial charge in [0.05, 0.1) is 25.7 Å². The summed E-state index contributed by atoms with van der Waals surface area (Å²) in [4.78, 5) is 38.7. The SMILES string of the molecule is COc1ccc(CNc2cc(=O)n(-c3ccc(OC(F)(F)F)cc3)cc2-c2cnn(C)c2)cc1.Cn1cc(-c2cn(-c3ccc(OC(F)(F)F)cc3)c(=O)cc2NCc2c(Cl)cccc2Cl)cn1.Cn1cc(-c2cn(-c3ccc(OC(F)(F)F)cc3)c(=O)cc2NCc2c(F)cccc2F)cn1. The van der Waals surface area contributed by atoms with Gasteiger partial charge in [0.1, 0.15) is 34.6 Å². The number of pyridine rings is 3. The van der Waals surface area contributed by atoms with Gasteiger partial charge >= 0.3 is 19.1 Å². The van der Waals surface area contributed by atoms with Crippen LogP contribution in [0.15, 0.2) is 222 Å². The predicted molar refractivity (Wildman–Crippen MR) is 361 cm³/mol. The normalized spacial score (nSPS) is 11.4. The van der Waals surface area contributed by atoms with Crippen molar-refractivity contribution in [2.45, 2.75) is 38.7 Å². The van der Waals surface area contributed by atoms with Crippen molar-refractivity contribution >= 4 is 40.3 Å². The quantitative estimate of drug-likeness (QED) is 0.0648. The fraction of sp³-hybridized carbons (Fsp3) is 0.143. The number of methoxy groups -OCH3 is 1. The summed E-state index contributed by atoms with van der Waals surface area (Å²) in [6.45, 7) is 0.502. The van der Waals surface area contributed by atoms with Gasteiger partial charge in [-0.2, -0.15) is 15.3 Å². The van der Waals surface area contributed by atoms with E-state index in [1.807, 2.05) is 30.5 Å². The van der Waals surface area contributed by atoms with E-state index in [-0.39, 0.29) is 41.4 Å². The first-order valence-electron chi connectivity index (χ1n) is 30.0. The van der Waals surface area contributed by atoms with Crippen LogP contribution >= 0.6 is 23.2 Å². The minimum Gasteiger partial charge on any atom is -0.497 e. The second-order valence-electron chi connectivity index (χ2n) is 22.1. The fourth-order valence-electron chi connectivity index (χ4n) is 10.1. The van der Waals surface area contributed by atoms with E-state index in [9.17, 15) is 62.7 Å². The number of ether oxygens (including phenoxy) is 4. The molecular formula is C70H55Cl2F11N12O7. The number of nitrogens with zero attached hydrogens (tertiary/aromatic N) is 9. The van der Waals surface area contributed by atoms with Gasteiger partial charge in [0.15, 0.2) is 0 Å². The molecule has 3 N–H and O–H groups in total. The smallest absolute Gasteiger partial charge is 0.497 e. The van der Waals surface area contributed by atoms with Gasteiger partial charge in [-0.1, -0.05) is 47.5 Å². The first-order valence-corrected chi connectivity index (χ1v) is 30.7. The molecule has 0 saturated carbocycles. The molecule has 6 heterocycles. The summed E-state index contributed by atoms with van der Waals surface area (Å²) in [5, 5.41) is 22.9. The zero-order valence-electron chi connectivity index (χ0n) is 53.5. The van der Waals surface area contributed by atoms with Crippen molar-refractivity contribution in [1.29, 1.82) is 0 Å². The highest BCUT2D eigenvalue weighted by atomic mass is 35.5. The summed E-state index contributed by atoms with van der Waals surface area (Å²) in [6.07, 6.45) is 0.383. The van der Waals surface area contributed by atoms with E-state index in [4.69, 9.17) is 27.9 Å². The summed E-state index contributed by atoms with van der Waals surface area (Å²) in [6, 6.07) is 35.2. The van der Waals surface area contributed by atoms with Crippen molar-refractivity contribution < 1.29 is 67.2 Å². The molecule has 6 aromatic heterocycles. The lowest BCUT2D eigenvalue weighted by Gasteiger charge is -2.16. The van der Waals surface area contributed by atoms with Gasteiger partial charge in [0.2, 0.25) is 0 Å². The third kappa shape index (κ3) is 19.1. The van der Waals surface area contributed by atoms with Crippen LogP contribution in [0.4, 0.5) is 65.4 Å². The molecule has 0 aliphatic heterocycles. The summed E-state index contributed by atoms with van der Waals surface area (Å²) in [5.74, 6) is -1.90. The van der Waals surface area contributed by atoms with E-state index < -0.39 is 47.6 Å². The molecule has 0 atom stereocenters. The van der Waals surface area contributed by atoms with Crippen LogP contribution in [0.1, 0.15) is 16.7 Å². The lowest BCUT2D eigenvalue weighted by atomic mass is 10.1. The Balaban J connectivity index is 0.000000165. The van der Waals surface area contributed by atoms with E-state index in [1.165, 1.54) is 85.2 Å². The van der Waals surface area contributed by atoms with E-state index in [2.05, 4.69) is 45.5 Å². The maximum atomic E-state index is 14.0.